The predicted octanol–water partition coefficient (Wildman–Crippen LogP) is 5.21. The van der Waals surface area contributed by atoms with Gasteiger partial charge < -0.3 is 40.3 Å². The molecule has 0 spiro atoms. The van der Waals surface area contributed by atoms with Crippen molar-refractivity contribution < 1.29 is 34.0 Å². The molecule has 2 aliphatic heterocycles. The van der Waals surface area contributed by atoms with Gasteiger partial charge in [0.25, 0.3) is 0 Å². The van der Waals surface area contributed by atoms with Gasteiger partial charge in [-0.3, -0.25) is 4.79 Å². The number of aliphatic hydroxyl groups excluding tert-OH is 1. The minimum Gasteiger partial charge on any atom is -0.508 e. The van der Waals surface area contributed by atoms with Crippen molar-refractivity contribution >= 4 is 16.9 Å². The highest BCUT2D eigenvalue weighted by molar-refractivity contribution is 6.01. The van der Waals surface area contributed by atoms with E-state index in [0.29, 0.717) is 29.5 Å². The molecule has 1 aromatic heterocycles. The van der Waals surface area contributed by atoms with Gasteiger partial charge in [0, 0.05) is 29.8 Å². The number of carbonyl (C=O) groups is 1. The molecule has 1 aliphatic carbocycles. The van der Waals surface area contributed by atoms with E-state index >= 15 is 0 Å². The number of hydrogen-bond donors (Lipinski definition) is 5. The van der Waals surface area contributed by atoms with Crippen molar-refractivity contribution in [2.45, 2.75) is 83.3 Å². The molecule has 46 heavy (non-hydrogen) atoms. The largest absolute Gasteiger partial charge is 0.508 e. The standard InChI is InChI=1S/C36H40N2O8/c1-3-25(21-7-4-5-8-21)35(43)45-28-17-26-32(42)31-27(41)16-24(19-39)44-34(31)30(22-9-6-10-23(40)15-22)33(26)46-36(28,2)14-13-20-11-12-29(37)38-18-20/h3,6,9-12,15-16,18,21,28-29,38-40,42H,4-5,7-8,13-14,17,19,37H2,1-2H3/b25-3-/t28-,29?,36+/m1/s1. The Morgan fingerprint density at radius 1 is 1.22 bits per heavy atom. The Hall–Kier alpha value is -4.54. The van der Waals surface area contributed by atoms with Crippen LogP contribution in [0.3, 0.4) is 0 Å². The van der Waals surface area contributed by atoms with E-state index in [-0.39, 0.29) is 58.0 Å². The number of rotatable bonds is 8. The smallest absolute Gasteiger partial charge is 0.334 e. The number of carbonyl (C=O) groups excluding carboxylic acids is 1. The first kappa shape index (κ1) is 31.4. The molecule has 242 valence electrons. The number of dihydropyridines is 1. The fourth-order valence-electron chi connectivity index (χ4n) is 6.87. The molecule has 3 heterocycles. The third-order valence-electron chi connectivity index (χ3n) is 9.43. The van der Waals surface area contributed by atoms with Gasteiger partial charge in [0.15, 0.2) is 11.0 Å². The number of phenols is 2. The SMILES string of the molecule is C/C=C(\C(=O)O[C@@H]1Cc2c(c(-c3cccc(O)c3)c3oc(CO)cc(=O)c3c2O)O[C@@]1(C)CCC1=CNC(N)C=C1)C1CCCC1. The molecular formula is C36H40N2O8. The van der Waals surface area contributed by atoms with Crippen LogP contribution < -0.4 is 21.2 Å². The van der Waals surface area contributed by atoms with Crippen LogP contribution in [0.25, 0.3) is 22.1 Å². The van der Waals surface area contributed by atoms with Crippen LogP contribution in [-0.4, -0.2) is 39.2 Å². The van der Waals surface area contributed by atoms with E-state index in [1.807, 2.05) is 38.3 Å². The number of ether oxygens (including phenoxy) is 2. The lowest BCUT2D eigenvalue weighted by Crippen LogP contribution is -2.51. The van der Waals surface area contributed by atoms with Gasteiger partial charge in [0.1, 0.15) is 46.7 Å². The Kier molecular flexibility index (Phi) is 8.67. The molecule has 2 aromatic carbocycles. The van der Waals surface area contributed by atoms with Gasteiger partial charge in [-0.05, 0) is 74.8 Å². The Balaban J connectivity index is 1.50. The summed E-state index contributed by atoms with van der Waals surface area (Å²) in [7, 11) is 0. The van der Waals surface area contributed by atoms with Gasteiger partial charge in [-0.15, -0.1) is 0 Å². The van der Waals surface area contributed by atoms with Crippen LogP contribution in [0, 0.1) is 5.92 Å². The van der Waals surface area contributed by atoms with Gasteiger partial charge in [-0.2, -0.15) is 0 Å². The molecule has 3 atom stereocenters. The molecule has 0 bridgehead atoms. The van der Waals surface area contributed by atoms with E-state index in [1.54, 1.807) is 12.1 Å². The molecule has 6 rings (SSSR count). The molecule has 10 nitrogen and oxygen atoms in total. The number of nitrogens with one attached hydrogen (secondary N) is 1. The van der Waals surface area contributed by atoms with Crippen LogP contribution >= 0.6 is 0 Å². The number of aromatic hydroxyl groups is 2. The molecule has 0 amide bonds. The zero-order valence-electron chi connectivity index (χ0n) is 26.0. The maximum Gasteiger partial charge on any atom is 0.334 e. The summed E-state index contributed by atoms with van der Waals surface area (Å²) in [6.07, 6.45) is 11.4. The molecule has 1 fully saturated rings. The van der Waals surface area contributed by atoms with Crippen molar-refractivity contribution in [2.75, 3.05) is 0 Å². The topological polar surface area (TPSA) is 164 Å². The number of fused-ring (bicyclic) bond motifs is 2. The average molecular weight is 629 g/mol. The summed E-state index contributed by atoms with van der Waals surface area (Å²) in [6, 6.07) is 7.55. The van der Waals surface area contributed by atoms with E-state index in [4.69, 9.17) is 19.6 Å². The van der Waals surface area contributed by atoms with Gasteiger partial charge in [-0.25, -0.2) is 4.79 Å². The van der Waals surface area contributed by atoms with E-state index in [2.05, 4.69) is 5.32 Å². The van der Waals surface area contributed by atoms with Gasteiger partial charge in [-0.1, -0.05) is 37.1 Å². The number of hydrogen-bond acceptors (Lipinski definition) is 10. The third kappa shape index (κ3) is 5.90. The highest BCUT2D eigenvalue weighted by atomic mass is 16.6. The first-order valence-electron chi connectivity index (χ1n) is 15.8. The monoisotopic (exact) mass is 628 g/mol. The first-order valence-corrected chi connectivity index (χ1v) is 15.8. The molecule has 3 aliphatic rings. The number of benzene rings is 2. The predicted molar refractivity (Wildman–Crippen MR) is 173 cm³/mol. The Morgan fingerprint density at radius 3 is 2.67 bits per heavy atom. The maximum absolute atomic E-state index is 13.7. The molecular weight excluding hydrogens is 588 g/mol. The minimum atomic E-state index is -1.09. The van der Waals surface area contributed by atoms with Crippen LogP contribution in [-0.2, 0) is 22.6 Å². The number of allylic oxidation sites excluding steroid dienone is 3. The highest BCUT2D eigenvalue weighted by Gasteiger charge is 2.47. The van der Waals surface area contributed by atoms with Gasteiger partial charge in [0.05, 0.1) is 11.7 Å². The van der Waals surface area contributed by atoms with Crippen LogP contribution in [0.15, 0.2) is 75.1 Å². The summed E-state index contributed by atoms with van der Waals surface area (Å²) in [5, 5.41) is 34.9. The molecule has 0 radical (unpaired) electrons. The first-order chi connectivity index (χ1) is 22.1. The zero-order chi connectivity index (χ0) is 32.6. The van der Waals surface area contributed by atoms with E-state index in [1.165, 1.54) is 12.1 Å². The number of nitrogens with two attached hydrogens (primary N) is 1. The van der Waals surface area contributed by atoms with Crippen molar-refractivity contribution in [3.8, 4) is 28.4 Å². The lowest BCUT2D eigenvalue weighted by Gasteiger charge is -2.43. The van der Waals surface area contributed by atoms with Gasteiger partial charge in [0.2, 0.25) is 0 Å². The molecule has 6 N–H and O–H groups in total. The zero-order valence-corrected chi connectivity index (χ0v) is 26.0. The molecule has 1 unspecified atom stereocenters. The van der Waals surface area contributed by atoms with Gasteiger partial charge >= 0.3 is 5.97 Å². The summed E-state index contributed by atoms with van der Waals surface area (Å²) < 4.78 is 19.1. The summed E-state index contributed by atoms with van der Waals surface area (Å²) in [5.41, 5.74) is 7.05. The van der Waals surface area contributed by atoms with Crippen LogP contribution in [0.2, 0.25) is 0 Å². The highest BCUT2D eigenvalue weighted by Crippen LogP contribution is 2.51. The summed E-state index contributed by atoms with van der Waals surface area (Å²) in [4.78, 5) is 27.1. The average Bonchev–Trinajstić information content (AvgIpc) is 3.56. The Bertz CT molecular complexity index is 1820. The van der Waals surface area contributed by atoms with Crippen molar-refractivity contribution in [1.29, 1.82) is 0 Å². The summed E-state index contributed by atoms with van der Waals surface area (Å²) >= 11 is 0. The quantitative estimate of drug-likeness (QED) is 0.165. The molecule has 0 saturated heterocycles. The third-order valence-corrected chi connectivity index (χ3v) is 9.43. The van der Waals surface area contributed by atoms with Crippen molar-refractivity contribution in [2.24, 2.45) is 11.7 Å². The lowest BCUT2D eigenvalue weighted by molar-refractivity contribution is -0.159. The number of aliphatic hydroxyl groups is 1. The van der Waals surface area contributed by atoms with Crippen molar-refractivity contribution in [3.63, 3.8) is 0 Å². The van der Waals surface area contributed by atoms with E-state index in [9.17, 15) is 24.9 Å². The minimum absolute atomic E-state index is 0.0103. The Labute approximate surface area is 266 Å². The van der Waals surface area contributed by atoms with E-state index in [0.717, 1.165) is 37.3 Å². The fourth-order valence-corrected chi connectivity index (χ4v) is 6.87. The van der Waals surface area contributed by atoms with E-state index < -0.39 is 29.7 Å². The van der Waals surface area contributed by atoms with Crippen molar-refractivity contribution in [1.82, 2.24) is 5.32 Å². The summed E-state index contributed by atoms with van der Waals surface area (Å²) in [5.74, 6) is -0.384. The second-order valence-electron chi connectivity index (χ2n) is 12.5. The lowest BCUT2D eigenvalue weighted by atomic mass is 9.82. The normalized spacial score (nSPS) is 23.0. The van der Waals surface area contributed by atoms with Crippen LogP contribution in [0.5, 0.6) is 17.2 Å². The summed E-state index contributed by atoms with van der Waals surface area (Å²) in [6.45, 7) is 3.19. The number of phenolic OH excluding ortho intramolecular Hbond substituents is 2. The van der Waals surface area contributed by atoms with Crippen LogP contribution in [0.1, 0.15) is 63.7 Å². The number of esters is 1. The maximum atomic E-state index is 13.7. The fraction of sp³-hybridized carbons (Fsp3) is 0.389. The second-order valence-corrected chi connectivity index (χ2v) is 12.5. The second kappa shape index (κ2) is 12.7. The molecule has 1 saturated carbocycles. The van der Waals surface area contributed by atoms with Crippen molar-refractivity contribution in [3.05, 3.63) is 87.5 Å². The molecule has 3 aromatic rings. The van der Waals surface area contributed by atoms with Crippen LogP contribution in [0.4, 0.5) is 0 Å². The Morgan fingerprint density at radius 2 is 2.00 bits per heavy atom. The molecule has 10 heteroatoms.